The molecule has 0 aliphatic heterocycles. The quantitative estimate of drug-likeness (QED) is 0.699. The van der Waals surface area contributed by atoms with Gasteiger partial charge in [0, 0.05) is 22.9 Å². The number of carboxylic acid groups (broad SMARTS) is 1. The Balaban J connectivity index is 1.83. The summed E-state index contributed by atoms with van der Waals surface area (Å²) in [7, 11) is 0. The number of fused-ring (bicyclic) bond motifs is 1. The topological polar surface area (TPSA) is 50.4 Å². The van der Waals surface area contributed by atoms with Gasteiger partial charge in [0.2, 0.25) is 0 Å². The lowest BCUT2D eigenvalue weighted by Crippen LogP contribution is -2.14. The van der Waals surface area contributed by atoms with Crippen LogP contribution in [-0.2, 0) is 11.2 Å². The fourth-order valence-electron chi connectivity index (χ4n) is 2.71. The van der Waals surface area contributed by atoms with Crippen molar-refractivity contribution in [3.8, 4) is 11.8 Å². The van der Waals surface area contributed by atoms with E-state index < -0.39 is 11.9 Å². The molecule has 3 aromatic rings. The highest BCUT2D eigenvalue weighted by molar-refractivity contribution is 5.80. The molecule has 1 N–H and O–H groups in total. The molecule has 2 aromatic carbocycles. The van der Waals surface area contributed by atoms with Gasteiger partial charge >= 0.3 is 5.97 Å². The molecule has 0 aliphatic carbocycles. The molecule has 1 aromatic heterocycles. The molecule has 1 atom stereocenters. The van der Waals surface area contributed by atoms with Crippen molar-refractivity contribution in [3.05, 3.63) is 71.0 Å². The number of hydrogen-bond donors (Lipinski definition) is 1. The average Bonchev–Trinajstić information content (AvgIpc) is 3.00. The molecule has 3 heteroatoms. The van der Waals surface area contributed by atoms with Crippen LogP contribution in [0.1, 0.15) is 35.8 Å². The van der Waals surface area contributed by atoms with Gasteiger partial charge in [0.05, 0.1) is 5.92 Å². The minimum absolute atomic E-state index is 0.408. The van der Waals surface area contributed by atoms with Gasteiger partial charge in [0.1, 0.15) is 11.3 Å². The number of aryl methyl sites for hydroxylation is 1. The number of carbonyl (C=O) groups is 1. The van der Waals surface area contributed by atoms with Gasteiger partial charge in [-0.2, -0.15) is 0 Å². The van der Waals surface area contributed by atoms with Crippen LogP contribution in [0.3, 0.4) is 0 Å². The second-order valence-electron chi connectivity index (χ2n) is 6.23. The molecule has 1 unspecified atom stereocenters. The standard InChI is InChI=1S/C22H20O3/c1-3-18(22(23)24)13-20-14-19-12-17(10-11-21(19)25-20)9-8-16-6-4-15(2)5-7-16/h4-7,10-12,14,18H,3,13H2,1-2H3,(H,23,24). The summed E-state index contributed by atoms with van der Waals surface area (Å²) in [5.74, 6) is 5.83. The Morgan fingerprint density at radius 3 is 2.44 bits per heavy atom. The monoisotopic (exact) mass is 332 g/mol. The summed E-state index contributed by atoms with van der Waals surface area (Å²) in [6.07, 6.45) is 0.991. The lowest BCUT2D eigenvalue weighted by Gasteiger charge is -2.06. The van der Waals surface area contributed by atoms with Crippen LogP contribution in [0.25, 0.3) is 11.0 Å². The van der Waals surface area contributed by atoms with E-state index in [1.807, 2.05) is 55.5 Å². The Labute approximate surface area is 147 Å². The second-order valence-corrected chi connectivity index (χ2v) is 6.23. The van der Waals surface area contributed by atoms with Gasteiger partial charge in [-0.15, -0.1) is 0 Å². The number of hydrogen-bond acceptors (Lipinski definition) is 2. The minimum Gasteiger partial charge on any atom is -0.481 e. The van der Waals surface area contributed by atoms with E-state index in [-0.39, 0.29) is 0 Å². The molecular formula is C22H20O3. The maximum Gasteiger partial charge on any atom is 0.306 e. The molecule has 3 rings (SSSR count). The Kier molecular flexibility index (Phi) is 4.90. The predicted molar refractivity (Wildman–Crippen MR) is 98.5 cm³/mol. The smallest absolute Gasteiger partial charge is 0.306 e. The predicted octanol–water partition coefficient (Wildman–Crippen LogP) is 4.79. The van der Waals surface area contributed by atoms with E-state index in [1.54, 1.807) is 0 Å². The Hall–Kier alpha value is -2.99. The Morgan fingerprint density at radius 1 is 1.08 bits per heavy atom. The van der Waals surface area contributed by atoms with Crippen LogP contribution in [0.2, 0.25) is 0 Å². The molecule has 0 saturated carbocycles. The van der Waals surface area contributed by atoms with Crippen LogP contribution >= 0.6 is 0 Å². The highest BCUT2D eigenvalue weighted by Crippen LogP contribution is 2.23. The van der Waals surface area contributed by atoms with E-state index in [0.717, 1.165) is 22.1 Å². The van der Waals surface area contributed by atoms with Gasteiger partial charge in [0.15, 0.2) is 0 Å². The zero-order valence-electron chi connectivity index (χ0n) is 14.4. The molecular weight excluding hydrogens is 312 g/mol. The van der Waals surface area contributed by atoms with Crippen LogP contribution in [0.15, 0.2) is 52.9 Å². The molecule has 0 spiro atoms. The van der Waals surface area contributed by atoms with Gasteiger partial charge in [-0.3, -0.25) is 4.79 Å². The highest BCUT2D eigenvalue weighted by atomic mass is 16.4. The molecule has 0 aliphatic rings. The first kappa shape index (κ1) is 16.9. The van der Waals surface area contributed by atoms with Crippen LogP contribution in [0.5, 0.6) is 0 Å². The van der Waals surface area contributed by atoms with Crippen molar-refractivity contribution in [3.63, 3.8) is 0 Å². The first-order valence-corrected chi connectivity index (χ1v) is 8.39. The van der Waals surface area contributed by atoms with Crippen molar-refractivity contribution >= 4 is 16.9 Å². The van der Waals surface area contributed by atoms with Crippen LogP contribution < -0.4 is 0 Å². The summed E-state index contributed by atoms with van der Waals surface area (Å²) in [5.41, 5.74) is 3.86. The first-order valence-electron chi connectivity index (χ1n) is 8.39. The molecule has 3 nitrogen and oxygen atoms in total. The van der Waals surface area contributed by atoms with E-state index in [9.17, 15) is 9.90 Å². The van der Waals surface area contributed by atoms with Gasteiger partial charge in [0.25, 0.3) is 0 Å². The maximum atomic E-state index is 11.2. The third-order valence-electron chi connectivity index (χ3n) is 4.26. The summed E-state index contributed by atoms with van der Waals surface area (Å²) in [4.78, 5) is 11.2. The number of furan rings is 1. The third-order valence-corrected chi connectivity index (χ3v) is 4.26. The second kappa shape index (κ2) is 7.27. The van der Waals surface area contributed by atoms with E-state index in [4.69, 9.17) is 4.42 Å². The molecule has 0 amide bonds. The third kappa shape index (κ3) is 4.10. The summed E-state index contributed by atoms with van der Waals surface area (Å²) >= 11 is 0. The van der Waals surface area contributed by atoms with Crippen LogP contribution in [-0.4, -0.2) is 11.1 Å². The lowest BCUT2D eigenvalue weighted by atomic mass is 10.0. The van der Waals surface area contributed by atoms with Crippen molar-refractivity contribution in [2.45, 2.75) is 26.7 Å². The Morgan fingerprint density at radius 2 is 1.76 bits per heavy atom. The van der Waals surface area contributed by atoms with Crippen LogP contribution in [0.4, 0.5) is 0 Å². The average molecular weight is 332 g/mol. The molecule has 0 saturated heterocycles. The summed E-state index contributed by atoms with van der Waals surface area (Å²) in [6, 6.07) is 15.8. The number of carboxylic acids is 1. The van der Waals surface area contributed by atoms with E-state index in [2.05, 4.69) is 18.8 Å². The van der Waals surface area contributed by atoms with Gasteiger partial charge in [-0.25, -0.2) is 0 Å². The molecule has 0 radical (unpaired) electrons. The Bertz CT molecular complexity index is 952. The number of rotatable bonds is 4. The molecule has 1 heterocycles. The van der Waals surface area contributed by atoms with Crippen LogP contribution in [0, 0.1) is 24.7 Å². The van der Waals surface area contributed by atoms with Gasteiger partial charge in [-0.05, 0) is 49.7 Å². The highest BCUT2D eigenvalue weighted by Gasteiger charge is 2.18. The van der Waals surface area contributed by atoms with E-state index in [0.29, 0.717) is 18.6 Å². The van der Waals surface area contributed by atoms with Crippen molar-refractivity contribution in [1.82, 2.24) is 0 Å². The largest absolute Gasteiger partial charge is 0.481 e. The summed E-state index contributed by atoms with van der Waals surface area (Å²) in [6.45, 7) is 3.93. The van der Waals surface area contributed by atoms with Gasteiger partial charge < -0.3 is 9.52 Å². The number of benzene rings is 2. The zero-order chi connectivity index (χ0) is 17.8. The molecule has 25 heavy (non-hydrogen) atoms. The first-order chi connectivity index (χ1) is 12.0. The van der Waals surface area contributed by atoms with E-state index in [1.165, 1.54) is 5.56 Å². The van der Waals surface area contributed by atoms with Crippen molar-refractivity contribution < 1.29 is 14.3 Å². The fraction of sp³-hybridized carbons (Fsp3) is 0.227. The zero-order valence-corrected chi connectivity index (χ0v) is 14.4. The normalized spacial score (nSPS) is 11.8. The molecule has 0 bridgehead atoms. The lowest BCUT2D eigenvalue weighted by molar-refractivity contribution is -0.141. The maximum absolute atomic E-state index is 11.2. The van der Waals surface area contributed by atoms with E-state index >= 15 is 0 Å². The summed E-state index contributed by atoms with van der Waals surface area (Å²) < 4.78 is 5.77. The van der Waals surface area contributed by atoms with Crippen molar-refractivity contribution in [1.29, 1.82) is 0 Å². The molecule has 0 fully saturated rings. The minimum atomic E-state index is -0.785. The SMILES string of the molecule is CCC(Cc1cc2cc(C#Cc3ccc(C)cc3)ccc2o1)C(=O)O. The fourth-order valence-corrected chi connectivity index (χ4v) is 2.71. The molecule has 126 valence electrons. The van der Waals surface area contributed by atoms with Crippen molar-refractivity contribution in [2.75, 3.05) is 0 Å². The summed E-state index contributed by atoms with van der Waals surface area (Å²) in [5, 5.41) is 10.1. The number of aliphatic carboxylic acids is 1. The van der Waals surface area contributed by atoms with Gasteiger partial charge in [-0.1, -0.05) is 36.5 Å². The van der Waals surface area contributed by atoms with Crippen molar-refractivity contribution in [2.24, 2.45) is 5.92 Å².